The first-order chi connectivity index (χ1) is 15.9. The second-order valence-electron chi connectivity index (χ2n) is 7.59. The fraction of sp³-hybridized carbons (Fsp3) is 0.250. The standard InChI is InChI=1S/C25H26FN3O.C3H8/c1-6-22(18(4)27-15-19-9-8-17(3)14-25(19)30-5)23-16-28-29(24(23)7-2)21-12-10-20(26)11-13-21;1-3-2/h6-14,16,27H,2,4,15H2,1,3,5H3;3H2,1-2H3/b22-6-;. The Bertz CT molecular complexity index is 1110. The Morgan fingerprint density at radius 1 is 1.18 bits per heavy atom. The zero-order chi connectivity index (χ0) is 24.4. The van der Waals surface area contributed by atoms with E-state index in [2.05, 4.69) is 43.5 Å². The number of nitrogens with zero attached hydrogens (tertiary/aromatic N) is 2. The summed E-state index contributed by atoms with van der Waals surface area (Å²) in [6.07, 6.45) is 6.75. The fourth-order valence-electron chi connectivity index (χ4n) is 3.34. The molecule has 0 saturated carbocycles. The van der Waals surface area contributed by atoms with Crippen LogP contribution in [-0.4, -0.2) is 16.9 Å². The van der Waals surface area contributed by atoms with Crippen LogP contribution in [-0.2, 0) is 6.54 Å². The van der Waals surface area contributed by atoms with Crippen LogP contribution >= 0.6 is 0 Å². The highest BCUT2D eigenvalue weighted by Gasteiger charge is 2.16. The summed E-state index contributed by atoms with van der Waals surface area (Å²) in [5.41, 5.74) is 6.34. The highest BCUT2D eigenvalue weighted by molar-refractivity contribution is 5.82. The number of aromatic nitrogens is 2. The van der Waals surface area contributed by atoms with Crippen LogP contribution in [0.4, 0.5) is 4.39 Å². The molecule has 0 aliphatic carbocycles. The second-order valence-corrected chi connectivity index (χ2v) is 7.59. The third-order valence-corrected chi connectivity index (χ3v) is 4.91. The minimum absolute atomic E-state index is 0.287. The van der Waals surface area contributed by atoms with Gasteiger partial charge in [0.1, 0.15) is 11.6 Å². The summed E-state index contributed by atoms with van der Waals surface area (Å²) in [5, 5.41) is 7.87. The SMILES string of the molecule is C=Cc1c(/C(=C\C)C(=C)NCc2ccc(C)cc2OC)cnn1-c1ccc(F)cc1.CCC. The topological polar surface area (TPSA) is 39.1 Å². The molecule has 0 fully saturated rings. The maximum Gasteiger partial charge on any atom is 0.124 e. The van der Waals surface area contributed by atoms with Crippen molar-refractivity contribution in [2.75, 3.05) is 7.11 Å². The highest BCUT2D eigenvalue weighted by atomic mass is 19.1. The van der Waals surface area contributed by atoms with Gasteiger partial charge in [-0.1, -0.05) is 51.6 Å². The molecule has 0 saturated heterocycles. The average Bonchev–Trinajstić information content (AvgIpc) is 3.23. The summed E-state index contributed by atoms with van der Waals surface area (Å²) in [4.78, 5) is 0. The number of hydrogen-bond donors (Lipinski definition) is 1. The molecular formula is C28H34FN3O. The summed E-state index contributed by atoms with van der Waals surface area (Å²) in [5.74, 6) is 0.553. The van der Waals surface area contributed by atoms with Crippen molar-refractivity contribution in [1.29, 1.82) is 0 Å². The number of allylic oxidation sites excluding steroid dienone is 2. The van der Waals surface area contributed by atoms with E-state index in [0.29, 0.717) is 6.54 Å². The van der Waals surface area contributed by atoms with Gasteiger partial charge in [0.15, 0.2) is 0 Å². The van der Waals surface area contributed by atoms with Crippen molar-refractivity contribution in [1.82, 2.24) is 15.1 Å². The lowest BCUT2D eigenvalue weighted by Crippen LogP contribution is -2.14. The van der Waals surface area contributed by atoms with Gasteiger partial charge >= 0.3 is 0 Å². The number of rotatable bonds is 8. The van der Waals surface area contributed by atoms with Crippen LogP contribution in [0.5, 0.6) is 5.75 Å². The summed E-state index contributed by atoms with van der Waals surface area (Å²) in [6, 6.07) is 12.3. The lowest BCUT2D eigenvalue weighted by Gasteiger charge is -2.16. The zero-order valence-corrected chi connectivity index (χ0v) is 20.3. The third-order valence-electron chi connectivity index (χ3n) is 4.91. The Labute approximate surface area is 197 Å². The van der Waals surface area contributed by atoms with Crippen molar-refractivity contribution < 1.29 is 9.13 Å². The van der Waals surface area contributed by atoms with E-state index < -0.39 is 0 Å². The van der Waals surface area contributed by atoms with Gasteiger partial charge in [-0.15, -0.1) is 0 Å². The van der Waals surface area contributed by atoms with E-state index in [1.165, 1.54) is 18.6 Å². The van der Waals surface area contributed by atoms with E-state index in [1.807, 2.05) is 32.1 Å². The first-order valence-corrected chi connectivity index (χ1v) is 11.1. The second kappa shape index (κ2) is 12.4. The number of methoxy groups -OCH3 is 1. The Kier molecular flexibility index (Phi) is 9.67. The molecule has 0 amide bonds. The Morgan fingerprint density at radius 3 is 2.42 bits per heavy atom. The molecule has 0 spiro atoms. The van der Waals surface area contributed by atoms with Crippen LogP contribution in [0.1, 0.15) is 49.6 Å². The van der Waals surface area contributed by atoms with Crippen LogP contribution in [0, 0.1) is 12.7 Å². The molecule has 5 heteroatoms. The van der Waals surface area contributed by atoms with Gasteiger partial charge in [0.05, 0.1) is 24.7 Å². The van der Waals surface area contributed by atoms with E-state index in [1.54, 1.807) is 36.2 Å². The van der Waals surface area contributed by atoms with Gasteiger partial charge in [0.2, 0.25) is 0 Å². The summed E-state index contributed by atoms with van der Waals surface area (Å²) >= 11 is 0. The predicted octanol–water partition coefficient (Wildman–Crippen LogP) is 7.09. The first-order valence-electron chi connectivity index (χ1n) is 11.1. The van der Waals surface area contributed by atoms with E-state index in [4.69, 9.17) is 4.74 Å². The molecule has 0 aliphatic heterocycles. The van der Waals surface area contributed by atoms with Gasteiger partial charge in [-0.3, -0.25) is 0 Å². The van der Waals surface area contributed by atoms with Crippen molar-refractivity contribution in [2.24, 2.45) is 0 Å². The van der Waals surface area contributed by atoms with Crippen molar-refractivity contribution in [3.05, 3.63) is 102 Å². The molecule has 0 radical (unpaired) electrons. The Morgan fingerprint density at radius 2 is 1.85 bits per heavy atom. The lowest BCUT2D eigenvalue weighted by atomic mass is 10.0. The van der Waals surface area contributed by atoms with Crippen molar-refractivity contribution in [3.63, 3.8) is 0 Å². The number of halogens is 1. The highest BCUT2D eigenvalue weighted by Crippen LogP contribution is 2.28. The average molecular weight is 448 g/mol. The molecule has 3 aromatic rings. The van der Waals surface area contributed by atoms with Crippen molar-refractivity contribution >= 4 is 11.6 Å². The molecule has 0 atom stereocenters. The number of hydrogen-bond acceptors (Lipinski definition) is 3. The van der Waals surface area contributed by atoms with Gasteiger partial charge in [-0.25, -0.2) is 9.07 Å². The van der Waals surface area contributed by atoms with Crippen LogP contribution in [0.15, 0.2) is 73.6 Å². The number of nitrogens with one attached hydrogen (secondary N) is 1. The monoisotopic (exact) mass is 447 g/mol. The van der Waals surface area contributed by atoms with Crippen LogP contribution in [0.2, 0.25) is 0 Å². The maximum absolute atomic E-state index is 13.3. The van der Waals surface area contributed by atoms with Crippen molar-refractivity contribution in [3.8, 4) is 11.4 Å². The molecule has 1 aromatic heterocycles. The summed E-state index contributed by atoms with van der Waals surface area (Å²) in [6.45, 7) is 17.0. The van der Waals surface area contributed by atoms with Gasteiger partial charge in [-0.05, 0) is 55.8 Å². The van der Waals surface area contributed by atoms with Crippen LogP contribution < -0.4 is 10.1 Å². The number of benzene rings is 2. The molecular weight excluding hydrogens is 413 g/mol. The Hall–Kier alpha value is -3.60. The zero-order valence-electron chi connectivity index (χ0n) is 20.3. The maximum atomic E-state index is 13.3. The third kappa shape index (κ3) is 6.45. The van der Waals surface area contributed by atoms with Gasteiger partial charge in [0, 0.05) is 28.9 Å². The van der Waals surface area contributed by atoms with Crippen LogP contribution in [0.3, 0.4) is 0 Å². The number of ether oxygens (including phenoxy) is 1. The minimum Gasteiger partial charge on any atom is -0.496 e. The van der Waals surface area contributed by atoms with E-state index in [-0.39, 0.29) is 5.82 Å². The molecule has 1 N–H and O–H groups in total. The van der Waals surface area contributed by atoms with E-state index in [9.17, 15) is 4.39 Å². The minimum atomic E-state index is -0.287. The van der Waals surface area contributed by atoms with E-state index >= 15 is 0 Å². The molecule has 1 heterocycles. The van der Waals surface area contributed by atoms with Crippen LogP contribution in [0.25, 0.3) is 17.3 Å². The van der Waals surface area contributed by atoms with Gasteiger partial charge in [-0.2, -0.15) is 5.10 Å². The molecule has 0 aliphatic rings. The smallest absolute Gasteiger partial charge is 0.124 e. The lowest BCUT2D eigenvalue weighted by molar-refractivity contribution is 0.408. The molecule has 3 rings (SSSR count). The predicted molar refractivity (Wildman–Crippen MR) is 137 cm³/mol. The number of aryl methyl sites for hydroxylation is 1. The summed E-state index contributed by atoms with van der Waals surface area (Å²) in [7, 11) is 1.67. The fourth-order valence-corrected chi connectivity index (χ4v) is 3.34. The molecule has 4 nitrogen and oxygen atoms in total. The van der Waals surface area contributed by atoms with E-state index in [0.717, 1.165) is 45.1 Å². The van der Waals surface area contributed by atoms with Gasteiger partial charge in [0.25, 0.3) is 0 Å². The quantitative estimate of drug-likeness (QED) is 0.375. The molecule has 0 bridgehead atoms. The molecule has 0 unspecified atom stereocenters. The molecule has 174 valence electrons. The summed E-state index contributed by atoms with van der Waals surface area (Å²) < 4.78 is 20.5. The van der Waals surface area contributed by atoms with Crippen molar-refractivity contribution in [2.45, 2.75) is 40.7 Å². The first kappa shape index (κ1) is 25.7. The van der Waals surface area contributed by atoms with Gasteiger partial charge < -0.3 is 10.1 Å². The Balaban J connectivity index is 0.00000122. The molecule has 2 aromatic carbocycles. The normalized spacial score (nSPS) is 10.8. The largest absolute Gasteiger partial charge is 0.496 e. The molecule has 33 heavy (non-hydrogen) atoms.